The highest BCUT2D eigenvalue weighted by molar-refractivity contribution is 5.97. The van der Waals surface area contributed by atoms with Gasteiger partial charge in [-0.05, 0) is 24.3 Å². The summed E-state index contributed by atoms with van der Waals surface area (Å²) in [6.07, 6.45) is 0.248. The van der Waals surface area contributed by atoms with Gasteiger partial charge in [0, 0.05) is 50.2 Å². The molecule has 0 unspecified atom stereocenters. The topological polar surface area (TPSA) is 94.9 Å². The van der Waals surface area contributed by atoms with E-state index in [-0.39, 0.29) is 17.9 Å². The lowest BCUT2D eigenvalue weighted by atomic mass is 10.2. The Bertz CT molecular complexity index is 1120. The lowest BCUT2D eigenvalue weighted by Gasteiger charge is -2.36. The van der Waals surface area contributed by atoms with E-state index in [1.54, 1.807) is 24.3 Å². The average Bonchev–Trinajstić information content (AvgIpc) is 2.81. The number of hydrogen-bond acceptors (Lipinski definition) is 6. The molecule has 8 nitrogen and oxygen atoms in total. The van der Waals surface area contributed by atoms with Gasteiger partial charge in [-0.3, -0.25) is 25.3 Å². The lowest BCUT2D eigenvalue weighted by Crippen LogP contribution is -2.48. The molecule has 0 saturated carbocycles. The molecular weight excluding hydrogens is 396 g/mol. The molecule has 1 saturated heterocycles. The SMILES string of the molecule is O=C(CCN1CCN(c2ccccc2)CC1)NNC(=O)c1cc2ccccc2oc1=O. The summed E-state index contributed by atoms with van der Waals surface area (Å²) >= 11 is 0. The number of carbonyl (C=O) groups excluding carboxylic acids is 2. The van der Waals surface area contributed by atoms with E-state index in [0.29, 0.717) is 17.5 Å². The Labute approximate surface area is 179 Å². The molecule has 2 N–H and O–H groups in total. The van der Waals surface area contributed by atoms with Gasteiger partial charge in [-0.15, -0.1) is 0 Å². The summed E-state index contributed by atoms with van der Waals surface area (Å²) in [6.45, 7) is 4.14. The maximum Gasteiger partial charge on any atom is 0.349 e. The number of nitrogens with one attached hydrogen (secondary N) is 2. The molecule has 1 aromatic heterocycles. The van der Waals surface area contributed by atoms with Crippen molar-refractivity contribution in [2.75, 3.05) is 37.6 Å². The molecular formula is C23H24N4O4. The smallest absolute Gasteiger partial charge is 0.349 e. The fourth-order valence-corrected chi connectivity index (χ4v) is 3.60. The number of amides is 2. The van der Waals surface area contributed by atoms with Gasteiger partial charge in [0.15, 0.2) is 0 Å². The van der Waals surface area contributed by atoms with Crippen LogP contribution in [0.4, 0.5) is 5.69 Å². The van der Waals surface area contributed by atoms with Crippen molar-refractivity contribution in [2.24, 2.45) is 0 Å². The lowest BCUT2D eigenvalue weighted by molar-refractivity contribution is -0.122. The first kappa shape index (κ1) is 20.6. The zero-order valence-corrected chi connectivity index (χ0v) is 17.0. The predicted molar refractivity (Wildman–Crippen MR) is 118 cm³/mol. The van der Waals surface area contributed by atoms with E-state index < -0.39 is 11.5 Å². The second-order valence-corrected chi connectivity index (χ2v) is 7.40. The van der Waals surface area contributed by atoms with Crippen molar-refractivity contribution < 1.29 is 14.0 Å². The number of para-hydroxylation sites is 2. The molecule has 0 radical (unpaired) electrons. The standard InChI is InChI=1S/C23H24N4O4/c28-21(10-11-26-12-14-27(15-13-26)18-7-2-1-3-8-18)24-25-22(29)19-16-17-6-4-5-9-20(17)31-23(19)30/h1-9,16H,10-15H2,(H,24,28)(H,25,29). The average molecular weight is 420 g/mol. The number of carbonyl (C=O) groups is 2. The van der Waals surface area contributed by atoms with Crippen molar-refractivity contribution in [3.8, 4) is 0 Å². The molecule has 8 heteroatoms. The number of nitrogens with zero attached hydrogens (tertiary/aromatic N) is 2. The molecule has 160 valence electrons. The molecule has 0 atom stereocenters. The van der Waals surface area contributed by atoms with Crippen LogP contribution in [0.2, 0.25) is 0 Å². The Balaban J connectivity index is 1.22. The number of rotatable bonds is 5. The third-order valence-corrected chi connectivity index (χ3v) is 5.35. The molecule has 2 amide bonds. The molecule has 1 aliphatic rings. The first-order chi connectivity index (χ1) is 15.1. The van der Waals surface area contributed by atoms with Crippen LogP contribution in [0.1, 0.15) is 16.8 Å². The van der Waals surface area contributed by atoms with Crippen LogP contribution in [0.25, 0.3) is 11.0 Å². The van der Waals surface area contributed by atoms with Crippen LogP contribution in [0.15, 0.2) is 69.9 Å². The molecule has 3 aromatic rings. The number of fused-ring (bicyclic) bond motifs is 1. The van der Waals surface area contributed by atoms with E-state index in [9.17, 15) is 14.4 Å². The van der Waals surface area contributed by atoms with Gasteiger partial charge in [0.2, 0.25) is 5.91 Å². The Hall–Kier alpha value is -3.65. The highest BCUT2D eigenvalue weighted by Gasteiger charge is 2.18. The van der Waals surface area contributed by atoms with Gasteiger partial charge in [0.25, 0.3) is 5.91 Å². The normalized spacial score (nSPS) is 14.4. The van der Waals surface area contributed by atoms with Gasteiger partial charge in [-0.1, -0.05) is 36.4 Å². The van der Waals surface area contributed by atoms with Crippen molar-refractivity contribution in [1.82, 2.24) is 15.8 Å². The summed E-state index contributed by atoms with van der Waals surface area (Å²) in [4.78, 5) is 41.0. The first-order valence-corrected chi connectivity index (χ1v) is 10.2. The van der Waals surface area contributed by atoms with Crippen LogP contribution < -0.4 is 21.4 Å². The van der Waals surface area contributed by atoms with Crippen molar-refractivity contribution in [3.63, 3.8) is 0 Å². The molecule has 31 heavy (non-hydrogen) atoms. The summed E-state index contributed by atoms with van der Waals surface area (Å²) in [5.74, 6) is -1.02. The second kappa shape index (κ2) is 9.44. The molecule has 4 rings (SSSR count). The Morgan fingerprint density at radius 2 is 1.61 bits per heavy atom. The largest absolute Gasteiger partial charge is 0.422 e. The van der Waals surface area contributed by atoms with Crippen LogP contribution in [-0.2, 0) is 4.79 Å². The van der Waals surface area contributed by atoms with Gasteiger partial charge < -0.3 is 9.32 Å². The van der Waals surface area contributed by atoms with Crippen LogP contribution in [0, 0.1) is 0 Å². The van der Waals surface area contributed by atoms with Crippen LogP contribution in [0.3, 0.4) is 0 Å². The number of hydrazine groups is 1. The number of piperazine rings is 1. The minimum absolute atomic E-state index is 0.156. The van der Waals surface area contributed by atoms with E-state index in [4.69, 9.17) is 4.42 Å². The summed E-state index contributed by atoms with van der Waals surface area (Å²) in [7, 11) is 0. The van der Waals surface area contributed by atoms with Gasteiger partial charge >= 0.3 is 5.63 Å². The summed E-state index contributed by atoms with van der Waals surface area (Å²) < 4.78 is 5.15. The molecule has 0 bridgehead atoms. The zero-order chi connectivity index (χ0) is 21.6. The highest BCUT2D eigenvalue weighted by Crippen LogP contribution is 2.15. The molecule has 2 heterocycles. The van der Waals surface area contributed by atoms with Crippen molar-refractivity contribution in [2.45, 2.75) is 6.42 Å². The number of hydrogen-bond donors (Lipinski definition) is 2. The summed E-state index contributed by atoms with van der Waals surface area (Å²) in [6, 6.07) is 18.6. The van der Waals surface area contributed by atoms with E-state index in [1.807, 2.05) is 18.2 Å². The van der Waals surface area contributed by atoms with Gasteiger partial charge in [-0.25, -0.2) is 4.79 Å². The quantitative estimate of drug-likeness (QED) is 0.483. The van der Waals surface area contributed by atoms with Gasteiger partial charge in [0.1, 0.15) is 11.1 Å². The molecule has 0 spiro atoms. The molecule has 0 aliphatic carbocycles. The summed E-state index contributed by atoms with van der Waals surface area (Å²) in [5.41, 5.74) is 5.38. The van der Waals surface area contributed by atoms with Crippen LogP contribution >= 0.6 is 0 Å². The van der Waals surface area contributed by atoms with Gasteiger partial charge in [-0.2, -0.15) is 0 Å². The maximum absolute atomic E-state index is 12.3. The minimum atomic E-state index is -0.748. The third-order valence-electron chi connectivity index (χ3n) is 5.35. The molecule has 1 aliphatic heterocycles. The predicted octanol–water partition coefficient (Wildman–Crippen LogP) is 1.77. The number of benzene rings is 2. The van der Waals surface area contributed by atoms with E-state index in [0.717, 1.165) is 26.2 Å². The first-order valence-electron chi connectivity index (χ1n) is 10.2. The van der Waals surface area contributed by atoms with Gasteiger partial charge in [0.05, 0.1) is 0 Å². The fourth-order valence-electron chi connectivity index (χ4n) is 3.60. The van der Waals surface area contributed by atoms with Crippen molar-refractivity contribution in [1.29, 1.82) is 0 Å². The van der Waals surface area contributed by atoms with Crippen LogP contribution in [-0.4, -0.2) is 49.4 Å². The Kier molecular flexibility index (Phi) is 6.28. The third kappa shape index (κ3) is 5.10. The zero-order valence-electron chi connectivity index (χ0n) is 17.0. The highest BCUT2D eigenvalue weighted by atomic mass is 16.4. The monoisotopic (exact) mass is 420 g/mol. The molecule has 2 aromatic carbocycles. The fraction of sp³-hybridized carbons (Fsp3) is 0.261. The van der Waals surface area contributed by atoms with E-state index >= 15 is 0 Å². The molecule has 1 fully saturated rings. The Morgan fingerprint density at radius 1 is 0.903 bits per heavy atom. The van der Waals surface area contributed by atoms with Crippen molar-refractivity contribution in [3.05, 3.63) is 76.6 Å². The summed E-state index contributed by atoms with van der Waals surface area (Å²) in [5, 5.41) is 0.633. The number of anilines is 1. The van der Waals surface area contributed by atoms with Crippen molar-refractivity contribution >= 4 is 28.5 Å². The van der Waals surface area contributed by atoms with Crippen LogP contribution in [0.5, 0.6) is 0 Å². The minimum Gasteiger partial charge on any atom is -0.422 e. The van der Waals surface area contributed by atoms with E-state index in [2.05, 4.69) is 32.8 Å². The second-order valence-electron chi connectivity index (χ2n) is 7.40. The Morgan fingerprint density at radius 3 is 2.39 bits per heavy atom. The maximum atomic E-state index is 12.3. The van der Waals surface area contributed by atoms with E-state index in [1.165, 1.54) is 11.8 Å².